The molecule has 0 amide bonds. The van der Waals surface area contributed by atoms with Gasteiger partial charge in [0.2, 0.25) is 0 Å². The van der Waals surface area contributed by atoms with E-state index in [1.807, 2.05) is 0 Å². The van der Waals surface area contributed by atoms with Crippen molar-refractivity contribution in [3.8, 4) is 6.07 Å². The van der Waals surface area contributed by atoms with Crippen LogP contribution in [0.15, 0.2) is 11.1 Å². The minimum absolute atomic E-state index is 0.412. The second-order valence-electron chi connectivity index (χ2n) is 3.31. The van der Waals surface area contributed by atoms with Gasteiger partial charge >= 0.3 is 0 Å². The van der Waals surface area contributed by atoms with Gasteiger partial charge in [-0.05, 0) is 6.92 Å². The van der Waals surface area contributed by atoms with Crippen molar-refractivity contribution in [1.82, 2.24) is 4.57 Å². The van der Waals surface area contributed by atoms with Crippen LogP contribution in [-0.2, 0) is 7.05 Å². The van der Waals surface area contributed by atoms with Gasteiger partial charge < -0.3 is 15.6 Å². The summed E-state index contributed by atoms with van der Waals surface area (Å²) in [7, 11) is 3.47. The monoisotopic (exact) mass is 239 g/mol. The van der Waals surface area contributed by atoms with E-state index in [0.717, 1.165) is 0 Å². The number of nitrogen functional groups attached to an aromatic ring is 1. The first-order valence-corrected chi connectivity index (χ1v) is 5.20. The van der Waals surface area contributed by atoms with E-state index >= 15 is 0 Å². The first-order chi connectivity index (χ1) is 7.51. The number of alkyl halides is 1. The van der Waals surface area contributed by atoms with Crippen LogP contribution in [0, 0.1) is 11.3 Å². The molecule has 86 valence electrons. The summed E-state index contributed by atoms with van der Waals surface area (Å²) in [4.78, 5) is 4.19. The third-order valence-corrected chi connectivity index (χ3v) is 2.27. The quantitative estimate of drug-likeness (QED) is 0.597. The second kappa shape index (κ2) is 4.90. The van der Waals surface area contributed by atoms with Crippen LogP contribution in [-0.4, -0.2) is 17.1 Å². The largest absolute Gasteiger partial charge is 0.387 e. The molecule has 0 saturated heterocycles. The Morgan fingerprint density at radius 3 is 2.75 bits per heavy atom. The summed E-state index contributed by atoms with van der Waals surface area (Å²) in [6, 6.07) is 3.79. The molecule has 1 aromatic heterocycles. The Hall–Kier alpha value is -1.67. The van der Waals surface area contributed by atoms with E-state index < -0.39 is 5.50 Å². The average molecular weight is 240 g/mol. The number of anilines is 2. The molecule has 0 aliphatic heterocycles. The van der Waals surface area contributed by atoms with E-state index in [1.165, 1.54) is 0 Å². The maximum Gasteiger partial charge on any atom is 0.150 e. The van der Waals surface area contributed by atoms with E-state index in [-0.39, 0.29) is 0 Å². The third kappa shape index (κ3) is 2.28. The smallest absolute Gasteiger partial charge is 0.150 e. The highest BCUT2D eigenvalue weighted by Crippen LogP contribution is 2.13. The molecule has 1 heterocycles. The van der Waals surface area contributed by atoms with Crippen molar-refractivity contribution in [1.29, 1.82) is 5.26 Å². The van der Waals surface area contributed by atoms with E-state index in [9.17, 15) is 0 Å². The van der Waals surface area contributed by atoms with Gasteiger partial charge in [-0.3, -0.25) is 0 Å². The van der Waals surface area contributed by atoms with Gasteiger partial charge in [0.05, 0.1) is 5.69 Å². The molecule has 5 nitrogen and oxygen atoms in total. The Morgan fingerprint density at radius 2 is 2.31 bits per heavy atom. The van der Waals surface area contributed by atoms with E-state index in [2.05, 4.69) is 16.4 Å². The van der Waals surface area contributed by atoms with Gasteiger partial charge in [0.1, 0.15) is 23.0 Å². The molecule has 0 saturated carbocycles. The lowest BCUT2D eigenvalue weighted by molar-refractivity contribution is 0.803. The number of nitrogens with one attached hydrogen (secondary N) is 1. The zero-order valence-corrected chi connectivity index (χ0v) is 10.2. The van der Waals surface area contributed by atoms with Crippen molar-refractivity contribution in [3.63, 3.8) is 0 Å². The minimum atomic E-state index is -0.412. The Bertz CT molecular complexity index is 495. The van der Waals surface area contributed by atoms with Crippen LogP contribution < -0.4 is 16.5 Å². The number of hydrogen-bond donors (Lipinski definition) is 2. The normalized spacial score (nSPS) is 13.3. The van der Waals surface area contributed by atoms with E-state index in [0.29, 0.717) is 22.6 Å². The molecule has 0 aliphatic rings. The molecule has 1 unspecified atom stereocenters. The van der Waals surface area contributed by atoms with Crippen molar-refractivity contribution < 1.29 is 0 Å². The van der Waals surface area contributed by atoms with E-state index in [4.69, 9.17) is 22.6 Å². The summed E-state index contributed by atoms with van der Waals surface area (Å²) in [5, 5.41) is 12.0. The molecule has 16 heavy (non-hydrogen) atoms. The number of nitrogens with zero attached hydrogens (tertiary/aromatic N) is 3. The fourth-order valence-corrected chi connectivity index (χ4v) is 1.45. The Balaban J connectivity index is 3.69. The standard InChI is InChI=1S/C10H14ClN5/c1-6(11)15-10-7(5-12)8(14-2)4-9(13)16(10)3/h4,6,14H,13H2,1-3H3. The predicted octanol–water partition coefficient (Wildman–Crippen LogP) is 1.01. The average Bonchev–Trinajstić information content (AvgIpc) is 2.23. The zero-order valence-electron chi connectivity index (χ0n) is 9.45. The number of hydrogen-bond acceptors (Lipinski definition) is 4. The molecule has 0 bridgehead atoms. The maximum absolute atomic E-state index is 9.11. The molecule has 0 spiro atoms. The summed E-state index contributed by atoms with van der Waals surface area (Å²) in [5.41, 5.74) is 6.96. The Kier molecular flexibility index (Phi) is 3.80. The van der Waals surface area contributed by atoms with Crippen LogP contribution in [0.2, 0.25) is 0 Å². The molecule has 1 atom stereocenters. The van der Waals surface area contributed by atoms with Gasteiger partial charge in [0, 0.05) is 20.2 Å². The molecule has 6 heteroatoms. The number of aromatic nitrogens is 1. The molecule has 0 aromatic carbocycles. The lowest BCUT2D eigenvalue weighted by Gasteiger charge is -2.11. The van der Waals surface area contributed by atoms with Gasteiger partial charge in [-0.1, -0.05) is 11.6 Å². The van der Waals surface area contributed by atoms with Crippen LogP contribution in [0.4, 0.5) is 11.5 Å². The summed E-state index contributed by atoms with van der Waals surface area (Å²) in [5.74, 6) is 0.513. The van der Waals surface area contributed by atoms with Crippen LogP contribution in [0.1, 0.15) is 12.5 Å². The summed E-state index contributed by atoms with van der Waals surface area (Å²) in [6.07, 6.45) is 0. The van der Waals surface area contributed by atoms with Crippen molar-refractivity contribution in [2.45, 2.75) is 12.4 Å². The van der Waals surface area contributed by atoms with Crippen molar-refractivity contribution in [2.75, 3.05) is 18.1 Å². The number of rotatable bonds is 2. The van der Waals surface area contributed by atoms with Gasteiger partial charge in [-0.25, -0.2) is 4.99 Å². The van der Waals surface area contributed by atoms with Crippen LogP contribution in [0.5, 0.6) is 0 Å². The van der Waals surface area contributed by atoms with E-state index in [1.54, 1.807) is 31.7 Å². The molecular formula is C10H14ClN5. The summed E-state index contributed by atoms with van der Waals surface area (Å²) in [6.45, 7) is 1.73. The van der Waals surface area contributed by atoms with Crippen LogP contribution >= 0.6 is 11.6 Å². The summed E-state index contributed by atoms with van der Waals surface area (Å²) >= 11 is 5.81. The third-order valence-electron chi connectivity index (χ3n) is 2.17. The maximum atomic E-state index is 9.11. The zero-order chi connectivity index (χ0) is 12.3. The second-order valence-corrected chi connectivity index (χ2v) is 3.94. The first kappa shape index (κ1) is 12.4. The lowest BCUT2D eigenvalue weighted by atomic mass is 10.2. The highest BCUT2D eigenvalue weighted by atomic mass is 35.5. The Labute approximate surface area is 99.2 Å². The number of halogens is 1. The van der Waals surface area contributed by atoms with Crippen LogP contribution in [0.25, 0.3) is 0 Å². The first-order valence-electron chi connectivity index (χ1n) is 4.76. The molecule has 3 N–H and O–H groups in total. The lowest BCUT2D eigenvalue weighted by Crippen LogP contribution is -2.26. The fraction of sp³-hybridized carbons (Fsp3) is 0.400. The van der Waals surface area contributed by atoms with Crippen molar-refractivity contribution in [2.24, 2.45) is 12.0 Å². The fourth-order valence-electron chi connectivity index (χ4n) is 1.35. The number of nitriles is 1. The highest BCUT2D eigenvalue weighted by molar-refractivity contribution is 6.20. The van der Waals surface area contributed by atoms with Gasteiger partial charge in [0.25, 0.3) is 0 Å². The molecule has 0 aliphatic carbocycles. The SMILES string of the molecule is CNc1cc(N)n(C)c(=NC(C)Cl)c1C#N. The highest BCUT2D eigenvalue weighted by Gasteiger charge is 2.09. The topological polar surface area (TPSA) is 79.1 Å². The number of nitrogens with two attached hydrogens (primary N) is 1. The number of pyridine rings is 1. The molecule has 0 fully saturated rings. The Morgan fingerprint density at radius 1 is 1.69 bits per heavy atom. The van der Waals surface area contributed by atoms with Crippen molar-refractivity contribution in [3.05, 3.63) is 17.1 Å². The van der Waals surface area contributed by atoms with Gasteiger partial charge in [-0.15, -0.1) is 0 Å². The molecule has 1 aromatic rings. The van der Waals surface area contributed by atoms with Crippen molar-refractivity contribution >= 4 is 23.1 Å². The van der Waals surface area contributed by atoms with Gasteiger partial charge in [-0.2, -0.15) is 5.26 Å². The minimum Gasteiger partial charge on any atom is -0.387 e. The molecule has 0 radical (unpaired) electrons. The molecular weight excluding hydrogens is 226 g/mol. The molecule has 1 rings (SSSR count). The predicted molar refractivity (Wildman–Crippen MR) is 65.0 cm³/mol. The van der Waals surface area contributed by atoms with Gasteiger partial charge in [0.15, 0.2) is 5.49 Å². The van der Waals surface area contributed by atoms with Crippen LogP contribution in [0.3, 0.4) is 0 Å². The summed E-state index contributed by atoms with van der Waals surface area (Å²) < 4.78 is 1.64.